The number of amides is 2. The highest BCUT2D eigenvalue weighted by Crippen LogP contribution is 2.01. The number of nitrogens with one attached hydrogen (secondary N) is 2. The molecule has 0 saturated heterocycles. The van der Waals surface area contributed by atoms with E-state index in [9.17, 15) is 19.2 Å². The minimum Gasteiger partial charge on any atom is -0.449 e. The van der Waals surface area contributed by atoms with Crippen LogP contribution in [-0.2, 0) is 41.5 Å². The van der Waals surface area contributed by atoms with Gasteiger partial charge in [0.2, 0.25) is 0 Å². The third-order valence-electron chi connectivity index (χ3n) is 4.79. The lowest BCUT2D eigenvalue weighted by molar-refractivity contribution is -0.151. The van der Waals surface area contributed by atoms with Crippen molar-refractivity contribution in [2.75, 3.05) is 13.1 Å². The van der Waals surface area contributed by atoms with Crippen LogP contribution < -0.4 is 10.6 Å². The van der Waals surface area contributed by atoms with Gasteiger partial charge in [-0.05, 0) is 37.8 Å². The van der Waals surface area contributed by atoms with Crippen molar-refractivity contribution in [2.45, 2.75) is 38.9 Å². The zero-order chi connectivity index (χ0) is 24.8. The molecule has 2 amide bonds. The Labute approximate surface area is 199 Å². The molecule has 0 aliphatic heterocycles. The maximum atomic E-state index is 12.1. The molecule has 0 unspecified atom stereocenters. The molecule has 0 spiro atoms. The van der Waals surface area contributed by atoms with Crippen molar-refractivity contribution in [1.82, 2.24) is 10.6 Å². The Kier molecular flexibility index (Phi) is 11.0. The van der Waals surface area contributed by atoms with Gasteiger partial charge < -0.3 is 20.1 Å². The summed E-state index contributed by atoms with van der Waals surface area (Å²) >= 11 is 0. The molecule has 0 aliphatic rings. The minimum atomic E-state index is -1.03. The third-order valence-corrected chi connectivity index (χ3v) is 4.79. The molecule has 2 atom stereocenters. The lowest BCUT2D eigenvalue weighted by atomic mass is 10.1. The van der Waals surface area contributed by atoms with Crippen molar-refractivity contribution in [1.29, 1.82) is 0 Å². The summed E-state index contributed by atoms with van der Waals surface area (Å²) in [6, 6.07) is 19.3. The van der Waals surface area contributed by atoms with Gasteiger partial charge in [0.05, 0.1) is 0 Å². The van der Waals surface area contributed by atoms with Crippen LogP contribution in [0.3, 0.4) is 0 Å². The predicted molar refractivity (Wildman–Crippen MR) is 127 cm³/mol. The van der Waals surface area contributed by atoms with Crippen LogP contribution >= 0.6 is 0 Å². The van der Waals surface area contributed by atoms with Crippen molar-refractivity contribution in [2.24, 2.45) is 0 Å². The fraction of sp³-hybridized carbons (Fsp3) is 0.308. The van der Waals surface area contributed by atoms with Crippen LogP contribution in [0.25, 0.3) is 0 Å². The van der Waals surface area contributed by atoms with E-state index in [1.165, 1.54) is 13.8 Å². The second-order valence-corrected chi connectivity index (χ2v) is 7.54. The zero-order valence-corrected chi connectivity index (χ0v) is 19.4. The first-order valence-corrected chi connectivity index (χ1v) is 11.1. The van der Waals surface area contributed by atoms with Crippen LogP contribution in [0.15, 0.2) is 72.8 Å². The molecule has 8 heteroatoms. The summed E-state index contributed by atoms with van der Waals surface area (Å²) in [4.78, 5) is 47.9. The lowest BCUT2D eigenvalue weighted by Gasteiger charge is -2.13. The molecule has 0 radical (unpaired) electrons. The van der Waals surface area contributed by atoms with E-state index < -0.39 is 36.0 Å². The van der Waals surface area contributed by atoms with Gasteiger partial charge in [-0.1, -0.05) is 60.7 Å². The Morgan fingerprint density at radius 2 is 1.03 bits per heavy atom. The number of rotatable bonds is 12. The van der Waals surface area contributed by atoms with E-state index in [4.69, 9.17) is 9.47 Å². The highest BCUT2D eigenvalue weighted by Gasteiger charge is 2.18. The molecule has 0 aromatic heterocycles. The van der Waals surface area contributed by atoms with Crippen LogP contribution in [0.4, 0.5) is 0 Å². The molecule has 0 bridgehead atoms. The Balaban J connectivity index is 1.64. The van der Waals surface area contributed by atoms with E-state index in [-0.39, 0.29) is 0 Å². The molecule has 0 heterocycles. The minimum absolute atomic E-state index is 0.401. The molecule has 0 saturated carbocycles. The molecule has 180 valence electrons. The van der Waals surface area contributed by atoms with E-state index in [0.717, 1.165) is 23.3 Å². The standard InChI is InChI=1S/C26H30N2O6/c1-19(25(31)27-17-15-21-9-5-3-6-10-21)33-23(29)13-14-24(30)34-20(2)26(32)28-18-16-22-11-7-4-8-12-22/h3-14,19-20H,15-18H2,1-2H3,(H,27,31)(H,28,32)/b14-13+/t19-,20+. The van der Waals surface area contributed by atoms with Gasteiger partial charge in [0, 0.05) is 25.2 Å². The topological polar surface area (TPSA) is 111 Å². The third kappa shape index (κ3) is 10.1. The molecule has 2 aromatic carbocycles. The Morgan fingerprint density at radius 3 is 1.38 bits per heavy atom. The van der Waals surface area contributed by atoms with Crippen LogP contribution in [-0.4, -0.2) is 49.1 Å². The summed E-state index contributed by atoms with van der Waals surface area (Å²) in [5, 5.41) is 5.38. The normalized spacial score (nSPS) is 12.4. The summed E-state index contributed by atoms with van der Waals surface area (Å²) < 4.78 is 9.98. The summed E-state index contributed by atoms with van der Waals surface area (Å²) in [6.07, 6.45) is 0.955. The molecule has 0 fully saturated rings. The molecular weight excluding hydrogens is 436 g/mol. The van der Waals surface area contributed by atoms with Crippen molar-refractivity contribution in [3.8, 4) is 0 Å². The first-order chi connectivity index (χ1) is 16.3. The number of benzene rings is 2. The Bertz CT molecular complexity index is 896. The highest BCUT2D eigenvalue weighted by atomic mass is 16.6. The molecule has 2 N–H and O–H groups in total. The van der Waals surface area contributed by atoms with E-state index in [2.05, 4.69) is 10.6 Å². The first-order valence-electron chi connectivity index (χ1n) is 11.1. The molecule has 0 aliphatic carbocycles. The van der Waals surface area contributed by atoms with Gasteiger partial charge in [0.25, 0.3) is 11.8 Å². The van der Waals surface area contributed by atoms with Crippen LogP contribution in [0.5, 0.6) is 0 Å². The summed E-state index contributed by atoms with van der Waals surface area (Å²) in [7, 11) is 0. The second kappa shape index (κ2) is 14.3. The average Bonchev–Trinajstić information content (AvgIpc) is 2.84. The fourth-order valence-corrected chi connectivity index (χ4v) is 2.91. The molecule has 2 rings (SSSR count). The van der Waals surface area contributed by atoms with Gasteiger partial charge in [-0.15, -0.1) is 0 Å². The van der Waals surface area contributed by atoms with Gasteiger partial charge in [-0.2, -0.15) is 0 Å². The van der Waals surface area contributed by atoms with E-state index in [1.807, 2.05) is 60.7 Å². The molecule has 2 aromatic rings. The largest absolute Gasteiger partial charge is 0.449 e. The number of esters is 2. The fourth-order valence-electron chi connectivity index (χ4n) is 2.91. The van der Waals surface area contributed by atoms with Gasteiger partial charge >= 0.3 is 11.9 Å². The number of hydrogen-bond acceptors (Lipinski definition) is 6. The van der Waals surface area contributed by atoms with Crippen molar-refractivity contribution in [3.63, 3.8) is 0 Å². The van der Waals surface area contributed by atoms with Crippen LogP contribution in [0.2, 0.25) is 0 Å². The number of carbonyl (C=O) groups is 4. The van der Waals surface area contributed by atoms with Gasteiger partial charge in [0.15, 0.2) is 12.2 Å². The smallest absolute Gasteiger partial charge is 0.331 e. The maximum absolute atomic E-state index is 12.1. The zero-order valence-electron chi connectivity index (χ0n) is 19.4. The maximum Gasteiger partial charge on any atom is 0.331 e. The molecular formula is C26H30N2O6. The van der Waals surface area contributed by atoms with Crippen molar-refractivity contribution >= 4 is 23.8 Å². The number of carbonyl (C=O) groups excluding carboxylic acids is 4. The molecule has 8 nitrogen and oxygen atoms in total. The second-order valence-electron chi connectivity index (χ2n) is 7.54. The quantitative estimate of drug-likeness (QED) is 0.366. The van der Waals surface area contributed by atoms with Crippen molar-refractivity contribution in [3.05, 3.63) is 83.9 Å². The van der Waals surface area contributed by atoms with Crippen molar-refractivity contribution < 1.29 is 28.7 Å². The summed E-state index contributed by atoms with van der Waals surface area (Å²) in [5.41, 5.74) is 2.15. The SMILES string of the molecule is C[C@H](OC(=O)/C=C/C(=O)O[C@H](C)C(=O)NCCc1ccccc1)C(=O)NCCc1ccccc1. The average molecular weight is 467 g/mol. The summed E-state index contributed by atoms with van der Waals surface area (Å²) in [5.74, 6) is -2.63. The Hall–Kier alpha value is -3.94. The predicted octanol–water partition coefficient (Wildman–Crippen LogP) is 2.12. The van der Waals surface area contributed by atoms with Gasteiger partial charge in [-0.25, -0.2) is 9.59 Å². The van der Waals surface area contributed by atoms with E-state index in [0.29, 0.717) is 25.9 Å². The van der Waals surface area contributed by atoms with Gasteiger partial charge in [0.1, 0.15) is 0 Å². The molecule has 34 heavy (non-hydrogen) atoms. The first kappa shape index (κ1) is 26.3. The van der Waals surface area contributed by atoms with Crippen LogP contribution in [0, 0.1) is 0 Å². The monoisotopic (exact) mass is 466 g/mol. The number of hydrogen-bond donors (Lipinski definition) is 2. The number of ether oxygens (including phenoxy) is 2. The van der Waals surface area contributed by atoms with E-state index in [1.54, 1.807) is 0 Å². The summed E-state index contributed by atoms with van der Waals surface area (Å²) in [6.45, 7) is 3.67. The highest BCUT2D eigenvalue weighted by molar-refractivity contribution is 5.94. The Morgan fingerprint density at radius 1 is 0.676 bits per heavy atom. The van der Waals surface area contributed by atoms with E-state index >= 15 is 0 Å². The van der Waals surface area contributed by atoms with Gasteiger partial charge in [-0.3, -0.25) is 9.59 Å². The lowest BCUT2D eigenvalue weighted by Crippen LogP contribution is -2.37. The van der Waals surface area contributed by atoms with Crippen LogP contribution in [0.1, 0.15) is 25.0 Å².